The molecule has 0 radical (unpaired) electrons. The van der Waals surface area contributed by atoms with Crippen molar-refractivity contribution in [3.8, 4) is 0 Å². The van der Waals surface area contributed by atoms with Crippen LogP contribution in [0.15, 0.2) is 28.8 Å². The second-order valence-corrected chi connectivity index (χ2v) is 7.28. The molecule has 1 saturated heterocycles. The van der Waals surface area contributed by atoms with Crippen molar-refractivity contribution in [3.63, 3.8) is 0 Å². The molecule has 8 heteroatoms. The van der Waals surface area contributed by atoms with E-state index in [1.807, 2.05) is 17.5 Å². The van der Waals surface area contributed by atoms with Crippen molar-refractivity contribution in [1.82, 2.24) is 10.2 Å². The molecular formula is C14H14N2O4S2. The molecule has 2 amide bonds. The maximum atomic E-state index is 12.2. The average Bonchev–Trinajstić information content (AvgIpc) is 2.97. The molecule has 0 aliphatic carbocycles. The predicted molar refractivity (Wildman–Crippen MR) is 83.4 cm³/mol. The van der Waals surface area contributed by atoms with E-state index in [4.69, 9.17) is 0 Å². The Morgan fingerprint density at radius 2 is 2.27 bits per heavy atom. The molecule has 0 saturated carbocycles. The molecule has 0 spiro atoms. The third-order valence-electron chi connectivity index (χ3n) is 3.59. The van der Waals surface area contributed by atoms with Gasteiger partial charge in [0, 0.05) is 10.6 Å². The first-order valence-electron chi connectivity index (χ1n) is 6.68. The summed E-state index contributed by atoms with van der Waals surface area (Å²) in [6, 6.07) is 3.09. The molecule has 1 aromatic heterocycles. The molecule has 0 bridgehead atoms. The lowest BCUT2D eigenvalue weighted by atomic mass is 10.0. The first kappa shape index (κ1) is 15.1. The maximum Gasteiger partial charge on any atom is 0.352 e. The van der Waals surface area contributed by atoms with Gasteiger partial charge < -0.3 is 10.4 Å². The summed E-state index contributed by atoms with van der Waals surface area (Å²) in [6.07, 6.45) is 0.236. The minimum absolute atomic E-state index is 0.0532. The number of aliphatic carboxylic acids is 1. The van der Waals surface area contributed by atoms with Crippen LogP contribution in [-0.2, 0) is 20.8 Å². The number of hydrogen-bond acceptors (Lipinski definition) is 5. The van der Waals surface area contributed by atoms with Crippen molar-refractivity contribution in [1.29, 1.82) is 0 Å². The summed E-state index contributed by atoms with van der Waals surface area (Å²) in [5.74, 6) is -1.12. The van der Waals surface area contributed by atoms with E-state index in [9.17, 15) is 19.5 Å². The summed E-state index contributed by atoms with van der Waals surface area (Å²) >= 11 is 2.96. The van der Waals surface area contributed by atoms with E-state index in [0.29, 0.717) is 11.3 Å². The van der Waals surface area contributed by atoms with Crippen molar-refractivity contribution in [3.05, 3.63) is 33.7 Å². The fourth-order valence-corrected chi connectivity index (χ4v) is 4.57. The Kier molecular flexibility index (Phi) is 3.96. The number of nitrogens with zero attached hydrogens (tertiary/aromatic N) is 1. The van der Waals surface area contributed by atoms with E-state index in [1.165, 1.54) is 28.0 Å². The largest absolute Gasteiger partial charge is 0.477 e. The minimum atomic E-state index is -1.10. The standard InChI is InChI=1S/C14H14N2O4S2/c1-7-6-22-13-10(12(18)16(13)11(7)14(19)20)15-9(17)5-8-3-2-4-21-8/h2-4,10,13H,5-6H2,1H3,(H,15,17)(H,19,20)/t10-,13+/m0/s1. The maximum absolute atomic E-state index is 12.2. The second kappa shape index (κ2) is 5.77. The minimum Gasteiger partial charge on any atom is -0.477 e. The number of nitrogens with one attached hydrogen (secondary N) is 1. The Balaban J connectivity index is 1.68. The van der Waals surface area contributed by atoms with Gasteiger partial charge in [-0.15, -0.1) is 23.1 Å². The zero-order valence-corrected chi connectivity index (χ0v) is 13.4. The topological polar surface area (TPSA) is 86.7 Å². The van der Waals surface area contributed by atoms with Gasteiger partial charge in [-0.05, 0) is 23.9 Å². The number of β-lactam (4-membered cyclic amide) rings is 1. The van der Waals surface area contributed by atoms with Crippen LogP contribution in [0.5, 0.6) is 0 Å². The summed E-state index contributed by atoms with van der Waals surface area (Å²) < 4.78 is 0. The molecule has 2 atom stereocenters. The fraction of sp³-hybridized carbons (Fsp3) is 0.357. The van der Waals surface area contributed by atoms with Crippen LogP contribution in [0.3, 0.4) is 0 Å². The van der Waals surface area contributed by atoms with Gasteiger partial charge in [0.25, 0.3) is 5.91 Å². The molecule has 2 N–H and O–H groups in total. The molecular weight excluding hydrogens is 324 g/mol. The summed E-state index contributed by atoms with van der Waals surface area (Å²) in [4.78, 5) is 37.7. The van der Waals surface area contributed by atoms with E-state index in [2.05, 4.69) is 5.32 Å². The van der Waals surface area contributed by atoms with Crippen LogP contribution < -0.4 is 5.32 Å². The number of hydrogen-bond donors (Lipinski definition) is 2. The zero-order chi connectivity index (χ0) is 15.9. The molecule has 1 aromatic rings. The smallest absolute Gasteiger partial charge is 0.352 e. The molecule has 6 nitrogen and oxygen atoms in total. The van der Waals surface area contributed by atoms with E-state index in [0.717, 1.165) is 4.88 Å². The van der Waals surface area contributed by atoms with Crippen LogP contribution in [0.25, 0.3) is 0 Å². The van der Waals surface area contributed by atoms with E-state index < -0.39 is 12.0 Å². The van der Waals surface area contributed by atoms with Crippen LogP contribution >= 0.6 is 23.1 Å². The van der Waals surface area contributed by atoms with Crippen LogP contribution in [0.2, 0.25) is 0 Å². The van der Waals surface area contributed by atoms with Gasteiger partial charge >= 0.3 is 5.97 Å². The number of carboxylic acids is 1. The van der Waals surface area contributed by atoms with Crippen molar-refractivity contribution >= 4 is 40.9 Å². The number of thiophene rings is 1. The van der Waals surface area contributed by atoms with Crippen molar-refractivity contribution in [2.75, 3.05) is 5.75 Å². The third kappa shape index (κ3) is 2.52. The zero-order valence-electron chi connectivity index (χ0n) is 11.7. The van der Waals surface area contributed by atoms with Gasteiger partial charge in [0.2, 0.25) is 5.91 Å². The molecule has 3 rings (SSSR count). The lowest BCUT2D eigenvalue weighted by Crippen LogP contribution is -2.70. The van der Waals surface area contributed by atoms with Crippen LogP contribution in [-0.4, -0.2) is 45.0 Å². The Morgan fingerprint density at radius 3 is 2.91 bits per heavy atom. The van der Waals surface area contributed by atoms with Crippen molar-refractivity contribution < 1.29 is 19.5 Å². The fourth-order valence-electron chi connectivity index (χ4n) is 2.57. The van der Waals surface area contributed by atoms with Gasteiger partial charge in [-0.25, -0.2) is 4.79 Å². The lowest BCUT2D eigenvalue weighted by Gasteiger charge is -2.49. The summed E-state index contributed by atoms with van der Waals surface area (Å²) in [5, 5.41) is 13.5. The number of amides is 2. The normalized spacial score (nSPS) is 23.9. The number of carbonyl (C=O) groups excluding carboxylic acids is 2. The Morgan fingerprint density at radius 1 is 1.50 bits per heavy atom. The van der Waals surface area contributed by atoms with Crippen molar-refractivity contribution in [2.24, 2.45) is 0 Å². The van der Waals surface area contributed by atoms with E-state index in [1.54, 1.807) is 6.92 Å². The van der Waals surface area contributed by atoms with E-state index >= 15 is 0 Å². The highest BCUT2D eigenvalue weighted by molar-refractivity contribution is 8.00. The van der Waals surface area contributed by atoms with Gasteiger partial charge in [0.1, 0.15) is 17.1 Å². The lowest BCUT2D eigenvalue weighted by molar-refractivity contribution is -0.150. The molecule has 2 aliphatic heterocycles. The van der Waals surface area contributed by atoms with Crippen LogP contribution in [0.4, 0.5) is 0 Å². The number of thioether (sulfide) groups is 1. The Hall–Kier alpha value is -1.80. The van der Waals surface area contributed by atoms with E-state index in [-0.39, 0.29) is 29.3 Å². The second-order valence-electron chi connectivity index (χ2n) is 5.15. The van der Waals surface area contributed by atoms with Gasteiger partial charge in [-0.2, -0.15) is 0 Å². The molecule has 2 aliphatic rings. The highest BCUT2D eigenvalue weighted by atomic mass is 32.2. The predicted octanol–water partition coefficient (Wildman–Crippen LogP) is 1.05. The molecule has 22 heavy (non-hydrogen) atoms. The first-order chi connectivity index (χ1) is 10.5. The Bertz CT molecular complexity index is 668. The van der Waals surface area contributed by atoms with Gasteiger partial charge in [0.05, 0.1) is 6.42 Å². The number of fused-ring (bicyclic) bond motifs is 1. The quantitative estimate of drug-likeness (QED) is 0.802. The molecule has 0 unspecified atom stereocenters. The number of carboxylic acid groups (broad SMARTS) is 1. The first-order valence-corrected chi connectivity index (χ1v) is 8.61. The Labute approximate surface area is 135 Å². The number of rotatable bonds is 4. The molecule has 0 aromatic carbocycles. The van der Waals surface area contributed by atoms with Gasteiger partial charge in [-0.3, -0.25) is 14.5 Å². The molecule has 3 heterocycles. The highest BCUT2D eigenvalue weighted by Gasteiger charge is 2.53. The molecule has 1 fully saturated rings. The SMILES string of the molecule is CC1=C(C(=O)O)N2C(=O)[C@H](NC(=O)Cc3cccs3)[C@H]2SC1. The van der Waals surface area contributed by atoms with Crippen LogP contribution in [0, 0.1) is 0 Å². The monoisotopic (exact) mass is 338 g/mol. The summed E-state index contributed by atoms with van der Waals surface area (Å²) in [5.41, 5.74) is 0.725. The van der Waals surface area contributed by atoms with Gasteiger partial charge in [-0.1, -0.05) is 6.07 Å². The van der Waals surface area contributed by atoms with Crippen LogP contribution in [0.1, 0.15) is 11.8 Å². The highest BCUT2D eigenvalue weighted by Crippen LogP contribution is 2.40. The van der Waals surface area contributed by atoms with Crippen molar-refractivity contribution in [2.45, 2.75) is 24.8 Å². The average molecular weight is 338 g/mol. The molecule has 116 valence electrons. The third-order valence-corrected chi connectivity index (χ3v) is 5.89. The summed E-state index contributed by atoms with van der Waals surface area (Å²) in [6.45, 7) is 1.71. The van der Waals surface area contributed by atoms with Gasteiger partial charge in [0.15, 0.2) is 0 Å². The number of carbonyl (C=O) groups is 3. The summed E-state index contributed by atoms with van der Waals surface area (Å²) in [7, 11) is 0.